The topological polar surface area (TPSA) is 61.3 Å². The first-order valence-corrected chi connectivity index (χ1v) is 7.01. The van der Waals surface area contributed by atoms with E-state index in [1.54, 1.807) is 0 Å². The van der Waals surface area contributed by atoms with E-state index in [2.05, 4.69) is 19.0 Å². The third-order valence-corrected chi connectivity index (χ3v) is 3.49. The SMILES string of the molecule is CC(C)Cc1c(CCC2CCCCO2)noc1N. The van der Waals surface area contributed by atoms with Crippen molar-refractivity contribution in [3.05, 3.63) is 11.3 Å². The van der Waals surface area contributed by atoms with Crippen LogP contribution in [-0.2, 0) is 17.6 Å². The van der Waals surface area contributed by atoms with Crippen LogP contribution in [0.25, 0.3) is 0 Å². The van der Waals surface area contributed by atoms with Gasteiger partial charge >= 0.3 is 0 Å². The third kappa shape index (κ3) is 3.48. The Morgan fingerprint density at radius 3 is 2.89 bits per heavy atom. The molecule has 0 amide bonds. The van der Waals surface area contributed by atoms with Crippen LogP contribution in [0, 0.1) is 5.92 Å². The van der Waals surface area contributed by atoms with Crippen molar-refractivity contribution in [2.45, 2.75) is 58.5 Å². The van der Waals surface area contributed by atoms with Crippen LogP contribution in [0.2, 0.25) is 0 Å². The second-order valence-corrected chi connectivity index (χ2v) is 5.60. The number of ether oxygens (including phenoxy) is 1. The Bertz CT molecular complexity index is 368. The minimum Gasteiger partial charge on any atom is -0.378 e. The zero-order chi connectivity index (χ0) is 13.0. The smallest absolute Gasteiger partial charge is 0.225 e. The maximum atomic E-state index is 5.84. The van der Waals surface area contributed by atoms with Crippen LogP contribution in [0.15, 0.2) is 4.52 Å². The summed E-state index contributed by atoms with van der Waals surface area (Å²) < 4.78 is 10.9. The molecule has 0 spiro atoms. The highest BCUT2D eigenvalue weighted by Crippen LogP contribution is 2.24. The minimum atomic E-state index is 0.392. The second kappa shape index (κ2) is 6.23. The number of hydrogen-bond donors (Lipinski definition) is 1. The average Bonchev–Trinajstić information content (AvgIpc) is 2.69. The van der Waals surface area contributed by atoms with Crippen LogP contribution in [-0.4, -0.2) is 17.9 Å². The molecule has 2 heterocycles. The molecule has 1 atom stereocenters. The van der Waals surface area contributed by atoms with Crippen molar-refractivity contribution >= 4 is 5.88 Å². The number of nitrogens with two attached hydrogens (primary N) is 1. The second-order valence-electron chi connectivity index (χ2n) is 5.60. The van der Waals surface area contributed by atoms with Crippen molar-refractivity contribution in [1.82, 2.24) is 5.16 Å². The third-order valence-electron chi connectivity index (χ3n) is 3.49. The predicted octanol–water partition coefficient (Wildman–Crippen LogP) is 2.96. The number of rotatable bonds is 5. The molecule has 1 aliphatic heterocycles. The number of hydrogen-bond acceptors (Lipinski definition) is 4. The first-order chi connectivity index (χ1) is 8.66. The highest BCUT2D eigenvalue weighted by atomic mass is 16.5. The van der Waals surface area contributed by atoms with E-state index in [-0.39, 0.29) is 0 Å². The van der Waals surface area contributed by atoms with Crippen molar-refractivity contribution in [2.75, 3.05) is 12.3 Å². The zero-order valence-corrected chi connectivity index (χ0v) is 11.4. The fourth-order valence-electron chi connectivity index (χ4n) is 2.51. The molecule has 0 aliphatic carbocycles. The first-order valence-electron chi connectivity index (χ1n) is 7.01. The molecule has 1 unspecified atom stereocenters. The number of aryl methyl sites for hydroxylation is 1. The monoisotopic (exact) mass is 252 g/mol. The lowest BCUT2D eigenvalue weighted by Gasteiger charge is -2.22. The van der Waals surface area contributed by atoms with Gasteiger partial charge in [-0.1, -0.05) is 19.0 Å². The van der Waals surface area contributed by atoms with Gasteiger partial charge in [0.05, 0.1) is 11.8 Å². The standard InChI is InChI=1S/C14H24N2O2/c1-10(2)9-12-13(16-18-14(12)15)7-6-11-5-3-4-8-17-11/h10-11H,3-9,15H2,1-2H3. The highest BCUT2D eigenvalue weighted by molar-refractivity contribution is 5.39. The number of nitrogen functional groups attached to an aromatic ring is 1. The summed E-state index contributed by atoms with van der Waals surface area (Å²) in [5.74, 6) is 1.06. The molecule has 4 heteroatoms. The predicted molar refractivity (Wildman–Crippen MR) is 71.4 cm³/mol. The molecule has 1 aromatic heterocycles. The van der Waals surface area contributed by atoms with Gasteiger partial charge in [0.1, 0.15) is 0 Å². The van der Waals surface area contributed by atoms with Crippen LogP contribution in [0.4, 0.5) is 5.88 Å². The van der Waals surface area contributed by atoms with Gasteiger partial charge in [-0.3, -0.25) is 0 Å². The van der Waals surface area contributed by atoms with Gasteiger partial charge in [-0.15, -0.1) is 0 Å². The van der Waals surface area contributed by atoms with Gasteiger partial charge in [0.15, 0.2) is 0 Å². The fraction of sp³-hybridized carbons (Fsp3) is 0.786. The Morgan fingerprint density at radius 2 is 2.22 bits per heavy atom. The fourth-order valence-corrected chi connectivity index (χ4v) is 2.51. The van der Waals surface area contributed by atoms with Gasteiger partial charge in [-0.2, -0.15) is 0 Å². The molecule has 0 bridgehead atoms. The van der Waals surface area contributed by atoms with Crippen LogP contribution in [0.1, 0.15) is 50.8 Å². The molecular weight excluding hydrogens is 228 g/mol. The lowest BCUT2D eigenvalue weighted by atomic mass is 9.98. The van der Waals surface area contributed by atoms with Crippen molar-refractivity contribution in [1.29, 1.82) is 0 Å². The summed E-state index contributed by atoms with van der Waals surface area (Å²) in [6.45, 7) is 5.27. The van der Waals surface area contributed by atoms with E-state index < -0.39 is 0 Å². The molecule has 1 aromatic rings. The van der Waals surface area contributed by atoms with E-state index in [4.69, 9.17) is 15.0 Å². The average molecular weight is 252 g/mol. The molecule has 1 fully saturated rings. The Balaban J connectivity index is 1.91. The largest absolute Gasteiger partial charge is 0.378 e. The summed E-state index contributed by atoms with van der Waals surface area (Å²) in [4.78, 5) is 0. The zero-order valence-electron chi connectivity index (χ0n) is 11.4. The molecule has 1 aliphatic rings. The maximum absolute atomic E-state index is 5.84. The van der Waals surface area contributed by atoms with E-state index in [0.29, 0.717) is 17.9 Å². The van der Waals surface area contributed by atoms with Gasteiger partial charge in [0, 0.05) is 12.2 Å². The Hall–Kier alpha value is -1.03. The molecule has 0 aromatic carbocycles. The van der Waals surface area contributed by atoms with Crippen LogP contribution in [0.5, 0.6) is 0 Å². The van der Waals surface area contributed by atoms with E-state index in [9.17, 15) is 0 Å². The summed E-state index contributed by atoms with van der Waals surface area (Å²) in [6, 6.07) is 0. The Morgan fingerprint density at radius 1 is 1.39 bits per heavy atom. The molecular formula is C14H24N2O2. The van der Waals surface area contributed by atoms with Crippen LogP contribution < -0.4 is 5.73 Å². The summed E-state index contributed by atoms with van der Waals surface area (Å²) in [6.07, 6.45) is 6.92. The number of aromatic nitrogens is 1. The molecule has 2 rings (SSSR count). The summed E-state index contributed by atoms with van der Waals surface area (Å²) >= 11 is 0. The van der Waals surface area contributed by atoms with Crippen molar-refractivity contribution in [2.24, 2.45) is 5.92 Å². The van der Waals surface area contributed by atoms with Crippen LogP contribution >= 0.6 is 0 Å². The van der Waals surface area contributed by atoms with E-state index in [0.717, 1.165) is 37.1 Å². The molecule has 1 saturated heterocycles. The minimum absolute atomic E-state index is 0.392. The Kier molecular flexibility index (Phi) is 4.64. The van der Waals surface area contributed by atoms with Gasteiger partial charge in [-0.05, 0) is 44.4 Å². The number of anilines is 1. The Labute approximate surface area is 109 Å². The van der Waals surface area contributed by atoms with Gasteiger partial charge < -0.3 is 15.0 Å². The van der Waals surface area contributed by atoms with Crippen LogP contribution in [0.3, 0.4) is 0 Å². The van der Waals surface area contributed by atoms with E-state index in [1.807, 2.05) is 0 Å². The van der Waals surface area contributed by atoms with Crippen molar-refractivity contribution < 1.29 is 9.26 Å². The molecule has 18 heavy (non-hydrogen) atoms. The van der Waals surface area contributed by atoms with E-state index >= 15 is 0 Å². The normalized spacial score (nSPS) is 20.5. The lowest BCUT2D eigenvalue weighted by Crippen LogP contribution is -2.19. The van der Waals surface area contributed by atoms with Crippen molar-refractivity contribution in [3.8, 4) is 0 Å². The van der Waals surface area contributed by atoms with Gasteiger partial charge in [0.2, 0.25) is 5.88 Å². The lowest BCUT2D eigenvalue weighted by molar-refractivity contribution is 0.0112. The molecule has 2 N–H and O–H groups in total. The molecule has 4 nitrogen and oxygen atoms in total. The molecule has 0 radical (unpaired) electrons. The van der Waals surface area contributed by atoms with Crippen molar-refractivity contribution in [3.63, 3.8) is 0 Å². The highest BCUT2D eigenvalue weighted by Gasteiger charge is 2.18. The van der Waals surface area contributed by atoms with Gasteiger partial charge in [0.25, 0.3) is 0 Å². The summed E-state index contributed by atoms with van der Waals surface area (Å²) in [7, 11) is 0. The number of nitrogens with zero attached hydrogens (tertiary/aromatic N) is 1. The first kappa shape index (κ1) is 13.4. The summed E-state index contributed by atoms with van der Waals surface area (Å²) in [5.41, 5.74) is 7.96. The van der Waals surface area contributed by atoms with Gasteiger partial charge in [-0.25, -0.2) is 0 Å². The van der Waals surface area contributed by atoms with E-state index in [1.165, 1.54) is 19.3 Å². The summed E-state index contributed by atoms with van der Waals surface area (Å²) in [5, 5.41) is 4.10. The molecule has 102 valence electrons. The quantitative estimate of drug-likeness (QED) is 0.875. The molecule has 0 saturated carbocycles. The maximum Gasteiger partial charge on any atom is 0.225 e.